The number of rotatable bonds is 6. The molecule has 1 unspecified atom stereocenters. The van der Waals surface area contributed by atoms with Crippen LogP contribution in [0.4, 0.5) is 0 Å². The van der Waals surface area contributed by atoms with E-state index in [1.165, 1.54) is 19.3 Å². The molecule has 0 rings (SSSR count). The summed E-state index contributed by atoms with van der Waals surface area (Å²) in [6, 6.07) is 0. The summed E-state index contributed by atoms with van der Waals surface area (Å²) in [5.41, 5.74) is 5.91. The van der Waals surface area contributed by atoms with Gasteiger partial charge in [-0.25, -0.2) is 0 Å². The van der Waals surface area contributed by atoms with Gasteiger partial charge in [0.25, 0.3) is 0 Å². The standard InChI is InChI=1S/C9H22N2/c1-4-6-7-9(5-2,8-10)11-3/h11H,4-8,10H2,1-3H3. The zero-order valence-electron chi connectivity index (χ0n) is 8.11. The van der Waals surface area contributed by atoms with E-state index in [1.807, 2.05) is 7.05 Å². The van der Waals surface area contributed by atoms with Gasteiger partial charge in [0.15, 0.2) is 0 Å². The highest BCUT2D eigenvalue weighted by atomic mass is 15.0. The Morgan fingerprint density at radius 1 is 1.36 bits per heavy atom. The topological polar surface area (TPSA) is 38.0 Å². The van der Waals surface area contributed by atoms with Gasteiger partial charge < -0.3 is 11.1 Å². The van der Waals surface area contributed by atoms with Crippen molar-refractivity contribution in [2.75, 3.05) is 13.6 Å². The average Bonchev–Trinajstić information content (AvgIpc) is 2.08. The highest BCUT2D eigenvalue weighted by Crippen LogP contribution is 2.16. The molecule has 0 aliphatic carbocycles. The summed E-state index contributed by atoms with van der Waals surface area (Å²) >= 11 is 0. The van der Waals surface area contributed by atoms with Crippen molar-refractivity contribution in [3.8, 4) is 0 Å². The Hall–Kier alpha value is -0.0800. The molecule has 11 heavy (non-hydrogen) atoms. The fourth-order valence-electron chi connectivity index (χ4n) is 1.34. The van der Waals surface area contributed by atoms with Crippen LogP contribution in [0, 0.1) is 0 Å². The largest absolute Gasteiger partial charge is 0.329 e. The molecule has 68 valence electrons. The molecule has 1 atom stereocenters. The first-order valence-electron chi connectivity index (χ1n) is 4.63. The Labute approximate surface area is 70.5 Å². The molecule has 0 heterocycles. The maximum absolute atomic E-state index is 5.71. The van der Waals surface area contributed by atoms with Gasteiger partial charge >= 0.3 is 0 Å². The van der Waals surface area contributed by atoms with Crippen LogP contribution in [0.15, 0.2) is 0 Å². The van der Waals surface area contributed by atoms with E-state index < -0.39 is 0 Å². The van der Waals surface area contributed by atoms with Gasteiger partial charge in [-0.2, -0.15) is 0 Å². The van der Waals surface area contributed by atoms with Gasteiger partial charge in [-0.1, -0.05) is 26.7 Å². The van der Waals surface area contributed by atoms with Crippen molar-refractivity contribution in [3.63, 3.8) is 0 Å². The molecular weight excluding hydrogens is 136 g/mol. The van der Waals surface area contributed by atoms with Gasteiger partial charge in [0, 0.05) is 12.1 Å². The van der Waals surface area contributed by atoms with E-state index in [0.717, 1.165) is 13.0 Å². The van der Waals surface area contributed by atoms with Crippen molar-refractivity contribution in [1.29, 1.82) is 0 Å². The van der Waals surface area contributed by atoms with E-state index >= 15 is 0 Å². The molecule has 0 aliphatic heterocycles. The second-order valence-electron chi connectivity index (χ2n) is 3.19. The number of hydrogen-bond acceptors (Lipinski definition) is 2. The van der Waals surface area contributed by atoms with Crippen LogP contribution in [0.3, 0.4) is 0 Å². The van der Waals surface area contributed by atoms with Crippen LogP contribution in [-0.2, 0) is 0 Å². The lowest BCUT2D eigenvalue weighted by Gasteiger charge is -2.31. The minimum Gasteiger partial charge on any atom is -0.329 e. The average molecular weight is 158 g/mol. The third-order valence-corrected chi connectivity index (χ3v) is 2.61. The van der Waals surface area contributed by atoms with Crippen LogP contribution < -0.4 is 11.1 Å². The SMILES string of the molecule is CCCCC(CC)(CN)NC. The Morgan fingerprint density at radius 2 is 2.00 bits per heavy atom. The number of nitrogens with one attached hydrogen (secondary N) is 1. The summed E-state index contributed by atoms with van der Waals surface area (Å²) in [5.74, 6) is 0. The summed E-state index contributed by atoms with van der Waals surface area (Å²) in [6.45, 7) is 5.16. The van der Waals surface area contributed by atoms with Crippen molar-refractivity contribution in [2.45, 2.75) is 45.1 Å². The van der Waals surface area contributed by atoms with Gasteiger partial charge in [-0.05, 0) is 19.9 Å². The van der Waals surface area contributed by atoms with E-state index in [1.54, 1.807) is 0 Å². The van der Waals surface area contributed by atoms with Crippen molar-refractivity contribution in [3.05, 3.63) is 0 Å². The molecule has 0 aromatic heterocycles. The maximum Gasteiger partial charge on any atom is 0.0298 e. The molecule has 0 saturated heterocycles. The van der Waals surface area contributed by atoms with E-state index in [4.69, 9.17) is 5.73 Å². The summed E-state index contributed by atoms with van der Waals surface area (Å²) < 4.78 is 0. The van der Waals surface area contributed by atoms with Gasteiger partial charge in [-0.3, -0.25) is 0 Å². The van der Waals surface area contributed by atoms with Crippen molar-refractivity contribution in [1.82, 2.24) is 5.32 Å². The van der Waals surface area contributed by atoms with E-state index in [2.05, 4.69) is 19.2 Å². The van der Waals surface area contributed by atoms with Crippen LogP contribution >= 0.6 is 0 Å². The quantitative estimate of drug-likeness (QED) is 0.615. The molecular formula is C9H22N2. The van der Waals surface area contributed by atoms with Gasteiger partial charge in [0.05, 0.1) is 0 Å². The normalized spacial score (nSPS) is 16.4. The highest BCUT2D eigenvalue weighted by molar-refractivity contribution is 4.85. The lowest BCUT2D eigenvalue weighted by atomic mass is 9.90. The lowest BCUT2D eigenvalue weighted by Crippen LogP contribution is -2.48. The molecule has 0 radical (unpaired) electrons. The fourth-order valence-corrected chi connectivity index (χ4v) is 1.34. The Balaban J connectivity index is 3.84. The van der Waals surface area contributed by atoms with Crippen molar-refractivity contribution in [2.24, 2.45) is 5.73 Å². The zero-order valence-corrected chi connectivity index (χ0v) is 8.11. The fraction of sp³-hybridized carbons (Fsp3) is 1.00. The maximum atomic E-state index is 5.71. The number of unbranched alkanes of at least 4 members (excludes halogenated alkanes) is 1. The van der Waals surface area contributed by atoms with Gasteiger partial charge in [0.1, 0.15) is 0 Å². The molecule has 0 amide bonds. The smallest absolute Gasteiger partial charge is 0.0298 e. The molecule has 0 aromatic carbocycles. The predicted octanol–water partition coefficient (Wildman–Crippen LogP) is 1.50. The minimum absolute atomic E-state index is 0.204. The summed E-state index contributed by atoms with van der Waals surface area (Å²) in [6.07, 6.45) is 4.85. The molecule has 0 aromatic rings. The second kappa shape index (κ2) is 5.56. The molecule has 0 spiro atoms. The van der Waals surface area contributed by atoms with E-state index in [-0.39, 0.29) is 5.54 Å². The van der Waals surface area contributed by atoms with Crippen LogP contribution in [0.2, 0.25) is 0 Å². The van der Waals surface area contributed by atoms with E-state index in [9.17, 15) is 0 Å². The number of likely N-dealkylation sites (N-methyl/N-ethyl adjacent to an activating group) is 1. The van der Waals surface area contributed by atoms with Crippen molar-refractivity contribution < 1.29 is 0 Å². The molecule has 0 bridgehead atoms. The molecule has 3 N–H and O–H groups in total. The Kier molecular flexibility index (Phi) is 5.51. The van der Waals surface area contributed by atoms with Crippen LogP contribution in [0.1, 0.15) is 39.5 Å². The summed E-state index contributed by atoms with van der Waals surface area (Å²) in [7, 11) is 2.01. The first-order chi connectivity index (χ1) is 5.24. The number of nitrogens with two attached hydrogens (primary N) is 1. The Morgan fingerprint density at radius 3 is 2.27 bits per heavy atom. The number of hydrogen-bond donors (Lipinski definition) is 2. The molecule has 0 aliphatic rings. The Bertz CT molecular complexity index is 79.3. The minimum atomic E-state index is 0.204. The third kappa shape index (κ3) is 3.21. The molecule has 2 heteroatoms. The van der Waals surface area contributed by atoms with Crippen LogP contribution in [0.5, 0.6) is 0 Å². The molecule has 0 fully saturated rings. The van der Waals surface area contributed by atoms with Crippen molar-refractivity contribution >= 4 is 0 Å². The van der Waals surface area contributed by atoms with Gasteiger partial charge in [-0.15, -0.1) is 0 Å². The second-order valence-corrected chi connectivity index (χ2v) is 3.19. The lowest BCUT2D eigenvalue weighted by molar-refractivity contribution is 0.313. The zero-order chi connectivity index (χ0) is 8.74. The predicted molar refractivity (Wildman–Crippen MR) is 50.7 cm³/mol. The van der Waals surface area contributed by atoms with Crippen LogP contribution in [-0.4, -0.2) is 19.1 Å². The first-order valence-corrected chi connectivity index (χ1v) is 4.63. The first kappa shape index (κ1) is 10.9. The summed E-state index contributed by atoms with van der Waals surface area (Å²) in [4.78, 5) is 0. The molecule has 0 saturated carbocycles. The van der Waals surface area contributed by atoms with Crippen LogP contribution in [0.25, 0.3) is 0 Å². The third-order valence-electron chi connectivity index (χ3n) is 2.61. The summed E-state index contributed by atoms with van der Waals surface area (Å²) in [5, 5.41) is 3.32. The monoisotopic (exact) mass is 158 g/mol. The highest BCUT2D eigenvalue weighted by Gasteiger charge is 2.22. The van der Waals surface area contributed by atoms with E-state index in [0.29, 0.717) is 0 Å². The van der Waals surface area contributed by atoms with Gasteiger partial charge in [0.2, 0.25) is 0 Å². The molecule has 2 nitrogen and oxygen atoms in total.